The summed E-state index contributed by atoms with van der Waals surface area (Å²) in [5.41, 5.74) is 1.43. The zero-order valence-corrected chi connectivity index (χ0v) is 15.9. The SMILES string of the molecule is CONS(=O)(=O)c1ccc(C(=O)NC(CC(C)C)c2ccccc2)cc1. The third-order valence-corrected chi connectivity index (χ3v) is 5.11. The minimum atomic E-state index is -3.74. The Morgan fingerprint density at radius 2 is 1.65 bits per heavy atom. The fraction of sp³-hybridized carbons (Fsp3) is 0.316. The number of amides is 1. The molecule has 0 aliphatic rings. The van der Waals surface area contributed by atoms with E-state index in [1.807, 2.05) is 35.2 Å². The van der Waals surface area contributed by atoms with Gasteiger partial charge in [0.15, 0.2) is 0 Å². The van der Waals surface area contributed by atoms with Crippen LogP contribution in [0.3, 0.4) is 0 Å². The van der Waals surface area contributed by atoms with Crippen molar-refractivity contribution in [2.45, 2.75) is 31.2 Å². The van der Waals surface area contributed by atoms with E-state index in [4.69, 9.17) is 0 Å². The van der Waals surface area contributed by atoms with Gasteiger partial charge in [-0.1, -0.05) is 49.1 Å². The first kappa shape index (κ1) is 20.1. The lowest BCUT2D eigenvalue weighted by atomic mass is 9.96. The predicted molar refractivity (Wildman–Crippen MR) is 99.9 cm³/mol. The zero-order valence-electron chi connectivity index (χ0n) is 15.1. The Morgan fingerprint density at radius 3 is 2.19 bits per heavy atom. The molecule has 2 rings (SSSR count). The van der Waals surface area contributed by atoms with Crippen molar-refractivity contribution in [2.24, 2.45) is 5.92 Å². The number of sulfonamides is 1. The molecule has 7 heteroatoms. The summed E-state index contributed by atoms with van der Waals surface area (Å²) in [5, 5.41) is 3.04. The minimum absolute atomic E-state index is 0.0256. The van der Waals surface area contributed by atoms with Crippen LogP contribution < -0.4 is 10.2 Å². The number of nitrogens with one attached hydrogen (secondary N) is 2. The van der Waals surface area contributed by atoms with Crippen molar-refractivity contribution in [3.8, 4) is 0 Å². The molecule has 0 bridgehead atoms. The van der Waals surface area contributed by atoms with E-state index < -0.39 is 10.0 Å². The predicted octanol–water partition coefficient (Wildman–Crippen LogP) is 3.04. The Bertz CT molecular complexity index is 818. The topological polar surface area (TPSA) is 84.5 Å². The Labute approximate surface area is 154 Å². The van der Waals surface area contributed by atoms with Gasteiger partial charge < -0.3 is 5.32 Å². The van der Waals surface area contributed by atoms with Crippen molar-refractivity contribution in [1.82, 2.24) is 10.2 Å². The van der Waals surface area contributed by atoms with Crippen LogP contribution in [0.1, 0.15) is 42.2 Å². The van der Waals surface area contributed by atoms with E-state index >= 15 is 0 Å². The molecule has 2 aromatic rings. The molecule has 140 valence electrons. The fourth-order valence-electron chi connectivity index (χ4n) is 2.62. The summed E-state index contributed by atoms with van der Waals surface area (Å²) >= 11 is 0. The molecule has 0 radical (unpaired) electrons. The van der Waals surface area contributed by atoms with E-state index in [9.17, 15) is 13.2 Å². The molecule has 0 aliphatic carbocycles. The third kappa shape index (κ3) is 5.39. The van der Waals surface area contributed by atoms with Gasteiger partial charge in [0.05, 0.1) is 18.0 Å². The van der Waals surface area contributed by atoms with E-state index in [0.717, 1.165) is 12.0 Å². The summed E-state index contributed by atoms with van der Waals surface area (Å²) < 4.78 is 23.7. The average Bonchev–Trinajstić information content (AvgIpc) is 2.61. The first-order valence-corrected chi connectivity index (χ1v) is 9.82. The quantitative estimate of drug-likeness (QED) is 0.694. The molecule has 0 fully saturated rings. The van der Waals surface area contributed by atoms with E-state index in [-0.39, 0.29) is 16.8 Å². The smallest absolute Gasteiger partial charge is 0.262 e. The molecule has 0 aliphatic heterocycles. The van der Waals surface area contributed by atoms with Crippen LogP contribution in [-0.4, -0.2) is 21.4 Å². The maximum atomic E-state index is 12.6. The summed E-state index contributed by atoms with van der Waals surface area (Å²) in [6.07, 6.45) is 0.806. The highest BCUT2D eigenvalue weighted by atomic mass is 32.2. The lowest BCUT2D eigenvalue weighted by Crippen LogP contribution is -2.29. The molecule has 1 unspecified atom stereocenters. The number of hydrogen-bond donors (Lipinski definition) is 2. The maximum Gasteiger partial charge on any atom is 0.262 e. The summed E-state index contributed by atoms with van der Waals surface area (Å²) in [4.78, 5) is 19.0. The molecular formula is C19H24N2O4S. The second-order valence-corrected chi connectivity index (χ2v) is 8.03. The largest absolute Gasteiger partial charge is 0.345 e. The van der Waals surface area contributed by atoms with Crippen molar-refractivity contribution in [3.05, 3.63) is 65.7 Å². The van der Waals surface area contributed by atoms with E-state index in [1.54, 1.807) is 0 Å². The van der Waals surface area contributed by atoms with Gasteiger partial charge in [0.1, 0.15) is 0 Å². The number of carbonyl (C=O) groups is 1. The Balaban J connectivity index is 2.16. The van der Waals surface area contributed by atoms with Crippen LogP contribution in [0.25, 0.3) is 0 Å². The van der Waals surface area contributed by atoms with Crippen molar-refractivity contribution < 1.29 is 18.0 Å². The molecule has 6 nitrogen and oxygen atoms in total. The number of benzene rings is 2. The second kappa shape index (κ2) is 8.93. The van der Waals surface area contributed by atoms with Gasteiger partial charge in [0, 0.05) is 5.56 Å². The molecule has 0 saturated carbocycles. The lowest BCUT2D eigenvalue weighted by molar-refractivity contribution is 0.0932. The number of carbonyl (C=O) groups excluding carboxylic acids is 1. The highest BCUT2D eigenvalue weighted by Gasteiger charge is 2.18. The number of hydrogen-bond acceptors (Lipinski definition) is 4. The molecule has 2 aromatic carbocycles. The Morgan fingerprint density at radius 1 is 1.04 bits per heavy atom. The summed E-state index contributed by atoms with van der Waals surface area (Å²) in [7, 11) is -2.52. The normalized spacial score (nSPS) is 12.8. The summed E-state index contributed by atoms with van der Waals surface area (Å²) in [6, 6.07) is 15.4. The van der Waals surface area contributed by atoms with Gasteiger partial charge in [0.2, 0.25) is 0 Å². The van der Waals surface area contributed by atoms with Gasteiger partial charge in [0.25, 0.3) is 15.9 Å². The zero-order chi connectivity index (χ0) is 19.2. The van der Waals surface area contributed by atoms with Gasteiger partial charge in [-0.05, 0) is 42.2 Å². The molecule has 0 heterocycles. The van der Waals surface area contributed by atoms with Gasteiger partial charge in [-0.15, -0.1) is 0 Å². The standard InChI is InChI=1S/C19H24N2O4S/c1-14(2)13-18(15-7-5-4-6-8-15)20-19(22)16-9-11-17(12-10-16)26(23,24)21-25-3/h4-12,14,18,21H,13H2,1-3H3,(H,20,22). The molecule has 1 atom stereocenters. The summed E-state index contributed by atoms with van der Waals surface area (Å²) in [5.74, 6) is 0.163. The molecular weight excluding hydrogens is 352 g/mol. The van der Waals surface area contributed by atoms with Crippen LogP contribution in [0.4, 0.5) is 0 Å². The Kier molecular flexibility index (Phi) is 6.90. The first-order chi connectivity index (χ1) is 12.3. The Hall–Kier alpha value is -2.22. The second-order valence-electron chi connectivity index (χ2n) is 6.38. The monoisotopic (exact) mass is 376 g/mol. The van der Waals surface area contributed by atoms with Crippen LogP contribution >= 0.6 is 0 Å². The van der Waals surface area contributed by atoms with Crippen LogP contribution in [0, 0.1) is 5.92 Å². The molecule has 0 aromatic heterocycles. The van der Waals surface area contributed by atoms with Crippen LogP contribution in [0.5, 0.6) is 0 Å². The summed E-state index contributed by atoms with van der Waals surface area (Å²) in [6.45, 7) is 4.20. The van der Waals surface area contributed by atoms with E-state index in [0.29, 0.717) is 11.5 Å². The van der Waals surface area contributed by atoms with E-state index in [2.05, 4.69) is 24.0 Å². The van der Waals surface area contributed by atoms with Crippen molar-refractivity contribution in [2.75, 3.05) is 7.11 Å². The average molecular weight is 376 g/mol. The number of rotatable bonds is 8. The highest BCUT2D eigenvalue weighted by molar-refractivity contribution is 7.89. The molecule has 0 saturated heterocycles. The lowest BCUT2D eigenvalue weighted by Gasteiger charge is -2.21. The van der Waals surface area contributed by atoms with Crippen molar-refractivity contribution in [1.29, 1.82) is 0 Å². The highest BCUT2D eigenvalue weighted by Crippen LogP contribution is 2.22. The van der Waals surface area contributed by atoms with Gasteiger partial charge in [-0.2, -0.15) is 0 Å². The van der Waals surface area contributed by atoms with Gasteiger partial charge >= 0.3 is 0 Å². The third-order valence-electron chi connectivity index (χ3n) is 3.83. The van der Waals surface area contributed by atoms with E-state index in [1.165, 1.54) is 31.4 Å². The van der Waals surface area contributed by atoms with Crippen LogP contribution in [0.2, 0.25) is 0 Å². The molecule has 2 N–H and O–H groups in total. The fourth-order valence-corrected chi connectivity index (χ4v) is 3.43. The van der Waals surface area contributed by atoms with Crippen molar-refractivity contribution in [3.63, 3.8) is 0 Å². The maximum absolute atomic E-state index is 12.6. The van der Waals surface area contributed by atoms with Crippen molar-refractivity contribution >= 4 is 15.9 Å². The van der Waals surface area contributed by atoms with Crippen LogP contribution in [0.15, 0.2) is 59.5 Å². The van der Waals surface area contributed by atoms with Crippen LogP contribution in [-0.2, 0) is 14.9 Å². The van der Waals surface area contributed by atoms with Gasteiger partial charge in [-0.3, -0.25) is 9.63 Å². The minimum Gasteiger partial charge on any atom is -0.345 e. The first-order valence-electron chi connectivity index (χ1n) is 8.34. The molecule has 0 spiro atoms. The molecule has 1 amide bonds. The molecule has 26 heavy (non-hydrogen) atoms. The van der Waals surface area contributed by atoms with Gasteiger partial charge in [-0.25, -0.2) is 8.42 Å².